The molecule has 1 fully saturated rings. The number of rotatable bonds is 4. The molecular weight excluding hydrogens is 499 g/mol. The van der Waals surface area contributed by atoms with Crippen LogP contribution in [0.3, 0.4) is 0 Å². The highest BCUT2D eigenvalue weighted by molar-refractivity contribution is 6.31. The highest BCUT2D eigenvalue weighted by Crippen LogP contribution is 2.45. The van der Waals surface area contributed by atoms with Crippen molar-refractivity contribution < 1.29 is 18.7 Å². The van der Waals surface area contributed by atoms with Crippen LogP contribution in [0.5, 0.6) is 0 Å². The minimum atomic E-state index is -1.32. The summed E-state index contributed by atoms with van der Waals surface area (Å²) in [6.45, 7) is 2.52. The first-order valence-corrected chi connectivity index (χ1v) is 12.5. The van der Waals surface area contributed by atoms with E-state index >= 15 is 4.39 Å². The Bertz CT molecular complexity index is 1530. The smallest absolute Gasteiger partial charge is 0.412 e. The van der Waals surface area contributed by atoms with Gasteiger partial charge in [-0.15, -0.1) is 0 Å². The predicted molar refractivity (Wildman–Crippen MR) is 135 cm³/mol. The van der Waals surface area contributed by atoms with Crippen LogP contribution in [0.2, 0.25) is 5.02 Å². The van der Waals surface area contributed by atoms with Crippen LogP contribution in [0.1, 0.15) is 53.7 Å². The van der Waals surface area contributed by atoms with Crippen LogP contribution < -0.4 is 5.32 Å². The van der Waals surface area contributed by atoms with Crippen molar-refractivity contribution >= 4 is 40.2 Å². The maximum absolute atomic E-state index is 15.2. The lowest BCUT2D eigenvalue weighted by Crippen LogP contribution is -2.53. The van der Waals surface area contributed by atoms with Crippen LogP contribution in [0.25, 0.3) is 10.9 Å². The number of piperidine rings is 1. The maximum atomic E-state index is 15.2. The molecule has 2 aromatic heterocycles. The molecule has 6 rings (SSSR count). The molecule has 2 aliphatic heterocycles. The first-order chi connectivity index (χ1) is 17.9. The second-order valence-electron chi connectivity index (χ2n) is 9.47. The number of nitrogens with zero attached hydrogens (tertiary/aromatic N) is 4. The van der Waals surface area contributed by atoms with E-state index < -0.39 is 17.5 Å². The molecule has 4 heterocycles. The van der Waals surface area contributed by atoms with E-state index in [0.29, 0.717) is 30.6 Å². The summed E-state index contributed by atoms with van der Waals surface area (Å²) in [6, 6.07) is 8.94. The SMILES string of the molecule is CCC(c1ccc2[nH]ncc2c1)n1cc(C(=O)N2CCC[C@@]3(C2)OC(=O)Nc2ccc(Cl)c(F)c23)cn1. The molecule has 0 bridgehead atoms. The number of benzene rings is 2. The van der Waals surface area contributed by atoms with Gasteiger partial charge in [-0.25, -0.2) is 9.18 Å². The van der Waals surface area contributed by atoms with Crippen molar-refractivity contribution in [3.8, 4) is 0 Å². The Morgan fingerprint density at radius 2 is 2.16 bits per heavy atom. The number of carbonyl (C=O) groups excluding carboxylic acids is 2. The van der Waals surface area contributed by atoms with E-state index in [2.05, 4.69) is 33.6 Å². The Labute approximate surface area is 216 Å². The van der Waals surface area contributed by atoms with Gasteiger partial charge in [-0.1, -0.05) is 24.6 Å². The fraction of sp³-hybridized carbons (Fsp3) is 0.308. The van der Waals surface area contributed by atoms with Gasteiger partial charge in [0.2, 0.25) is 0 Å². The highest BCUT2D eigenvalue weighted by atomic mass is 35.5. The number of nitrogens with one attached hydrogen (secondary N) is 2. The molecular formula is C26H24ClFN6O3. The van der Waals surface area contributed by atoms with E-state index in [1.165, 1.54) is 6.07 Å². The van der Waals surface area contributed by atoms with Gasteiger partial charge in [0.25, 0.3) is 5.91 Å². The molecule has 2 atom stereocenters. The zero-order valence-corrected chi connectivity index (χ0v) is 20.8. The van der Waals surface area contributed by atoms with Gasteiger partial charge in [-0.3, -0.25) is 19.9 Å². The van der Waals surface area contributed by atoms with Crippen LogP contribution in [0.4, 0.5) is 14.9 Å². The third-order valence-corrected chi connectivity index (χ3v) is 7.51. The van der Waals surface area contributed by atoms with Gasteiger partial charge in [-0.05, 0) is 49.1 Å². The first kappa shape index (κ1) is 23.5. The van der Waals surface area contributed by atoms with Gasteiger partial charge in [0.1, 0.15) is 0 Å². The van der Waals surface area contributed by atoms with Crippen LogP contribution in [-0.2, 0) is 10.3 Å². The van der Waals surface area contributed by atoms with E-state index in [0.717, 1.165) is 22.9 Å². The van der Waals surface area contributed by atoms with Gasteiger partial charge in [0.15, 0.2) is 11.4 Å². The van der Waals surface area contributed by atoms with E-state index in [1.54, 1.807) is 34.2 Å². The number of anilines is 1. The summed E-state index contributed by atoms with van der Waals surface area (Å²) in [5.41, 5.74) is 1.58. The molecule has 1 spiro atoms. The van der Waals surface area contributed by atoms with Gasteiger partial charge in [0.05, 0.1) is 52.3 Å². The summed E-state index contributed by atoms with van der Waals surface area (Å²) >= 11 is 6.06. The number of aromatic nitrogens is 4. The van der Waals surface area contributed by atoms with E-state index in [1.807, 2.05) is 12.1 Å². The van der Waals surface area contributed by atoms with Crippen molar-refractivity contribution in [3.63, 3.8) is 0 Å². The number of carbonyl (C=O) groups is 2. The molecule has 0 radical (unpaired) electrons. The second kappa shape index (κ2) is 8.88. The molecule has 1 saturated heterocycles. The van der Waals surface area contributed by atoms with E-state index in [-0.39, 0.29) is 29.1 Å². The zero-order chi connectivity index (χ0) is 25.7. The fourth-order valence-electron chi connectivity index (χ4n) is 5.49. The molecule has 4 aromatic rings. The van der Waals surface area contributed by atoms with Crippen LogP contribution in [0.15, 0.2) is 48.9 Å². The molecule has 11 heteroatoms. The average molecular weight is 523 g/mol. The Morgan fingerprint density at radius 1 is 1.30 bits per heavy atom. The fourth-order valence-corrected chi connectivity index (χ4v) is 5.65. The number of amides is 2. The van der Waals surface area contributed by atoms with Gasteiger partial charge >= 0.3 is 6.09 Å². The number of hydrogen-bond donors (Lipinski definition) is 2. The largest absolute Gasteiger partial charge is 0.436 e. The number of likely N-dealkylation sites (tertiary alicyclic amines) is 1. The normalized spacial score (nSPS) is 20.0. The van der Waals surface area contributed by atoms with E-state index in [4.69, 9.17) is 16.3 Å². The molecule has 2 aromatic carbocycles. The van der Waals surface area contributed by atoms with Crippen molar-refractivity contribution in [1.29, 1.82) is 0 Å². The van der Waals surface area contributed by atoms with Crippen molar-refractivity contribution in [2.45, 2.75) is 37.8 Å². The lowest BCUT2D eigenvalue weighted by atomic mass is 9.83. The molecule has 0 saturated carbocycles. The Morgan fingerprint density at radius 3 is 3.00 bits per heavy atom. The summed E-state index contributed by atoms with van der Waals surface area (Å²) in [4.78, 5) is 27.5. The van der Waals surface area contributed by atoms with Gasteiger partial charge in [-0.2, -0.15) is 10.2 Å². The number of aromatic amines is 1. The van der Waals surface area contributed by atoms with Crippen LogP contribution in [0, 0.1) is 5.82 Å². The van der Waals surface area contributed by atoms with Crippen LogP contribution >= 0.6 is 11.6 Å². The number of fused-ring (bicyclic) bond motifs is 3. The molecule has 190 valence electrons. The monoisotopic (exact) mass is 522 g/mol. The van der Waals surface area contributed by atoms with Crippen molar-refractivity contribution in [2.24, 2.45) is 0 Å². The molecule has 9 nitrogen and oxygen atoms in total. The molecule has 1 unspecified atom stereocenters. The standard InChI is InChI=1S/C26H24ClFN6O3/c1-2-21(15-4-6-19-16(10-15)11-29-32-19)34-13-17(12-30-34)24(35)33-9-3-8-26(14-33)22-20(31-25(36)37-26)7-5-18(27)23(22)28/h4-7,10-13,21H,2-3,8-9,14H2,1H3,(H,29,32)(H,31,36)/t21?,26-/m0/s1. The third kappa shape index (κ3) is 3.92. The Balaban J connectivity index is 1.28. The van der Waals surface area contributed by atoms with Gasteiger partial charge < -0.3 is 9.64 Å². The second-order valence-corrected chi connectivity index (χ2v) is 9.88. The summed E-state index contributed by atoms with van der Waals surface area (Å²) in [7, 11) is 0. The average Bonchev–Trinajstić information content (AvgIpc) is 3.56. The lowest BCUT2D eigenvalue weighted by molar-refractivity contribution is -0.0418. The molecule has 2 amide bonds. The molecule has 2 N–H and O–H groups in total. The van der Waals surface area contributed by atoms with Gasteiger partial charge in [0, 0.05) is 18.1 Å². The molecule has 37 heavy (non-hydrogen) atoms. The maximum Gasteiger partial charge on any atom is 0.412 e. The summed E-state index contributed by atoms with van der Waals surface area (Å²) in [6.07, 6.45) is 6.04. The van der Waals surface area contributed by atoms with Crippen LogP contribution in [-0.4, -0.2) is 50.0 Å². The number of ether oxygens (including phenoxy) is 1. The minimum absolute atomic E-state index is 0.0169. The summed E-state index contributed by atoms with van der Waals surface area (Å²) < 4.78 is 22.6. The number of hydrogen-bond acceptors (Lipinski definition) is 5. The zero-order valence-electron chi connectivity index (χ0n) is 20.0. The Hall–Kier alpha value is -3.92. The predicted octanol–water partition coefficient (Wildman–Crippen LogP) is 5.24. The quantitative estimate of drug-likeness (QED) is 0.381. The topological polar surface area (TPSA) is 105 Å². The third-order valence-electron chi connectivity index (χ3n) is 7.22. The summed E-state index contributed by atoms with van der Waals surface area (Å²) in [5, 5.41) is 15.0. The number of H-pyrrole nitrogens is 1. The minimum Gasteiger partial charge on any atom is -0.436 e. The Kier molecular flexibility index (Phi) is 5.63. The van der Waals surface area contributed by atoms with Crippen molar-refractivity contribution in [2.75, 3.05) is 18.4 Å². The molecule has 0 aliphatic carbocycles. The van der Waals surface area contributed by atoms with Crippen molar-refractivity contribution in [1.82, 2.24) is 24.9 Å². The lowest BCUT2D eigenvalue weighted by Gasteiger charge is -2.45. The van der Waals surface area contributed by atoms with Crippen molar-refractivity contribution in [3.05, 3.63) is 76.5 Å². The first-order valence-electron chi connectivity index (χ1n) is 12.1. The van der Waals surface area contributed by atoms with E-state index in [9.17, 15) is 9.59 Å². The summed E-state index contributed by atoms with van der Waals surface area (Å²) in [5.74, 6) is -0.911. The number of halogens is 2. The molecule has 2 aliphatic rings. The highest BCUT2D eigenvalue weighted by Gasteiger charge is 2.48.